The number of anilines is 1. The van der Waals surface area contributed by atoms with Gasteiger partial charge < -0.3 is 5.32 Å². The second-order valence-corrected chi connectivity index (χ2v) is 4.91. The Morgan fingerprint density at radius 2 is 2.11 bits per heavy atom. The van der Waals surface area contributed by atoms with E-state index in [2.05, 4.69) is 20.4 Å². The summed E-state index contributed by atoms with van der Waals surface area (Å²) in [7, 11) is 0. The smallest absolute Gasteiger partial charge is 0.226 e. The minimum absolute atomic E-state index is 0.0324. The van der Waals surface area contributed by atoms with E-state index in [0.29, 0.717) is 0 Å². The second-order valence-electron chi connectivity index (χ2n) is 3.99. The molecule has 4 rings (SSSR count). The average Bonchev–Trinajstić information content (AvgIpc) is 3.01. The SMILES string of the molecule is c1ccc(-c2nc3n(n2)C(c2nccs2)N3)cc1. The fourth-order valence-corrected chi connectivity index (χ4v) is 2.63. The van der Waals surface area contributed by atoms with Crippen molar-refractivity contribution in [3.05, 3.63) is 46.9 Å². The van der Waals surface area contributed by atoms with Crippen LogP contribution in [-0.2, 0) is 0 Å². The fourth-order valence-electron chi connectivity index (χ4n) is 1.96. The summed E-state index contributed by atoms with van der Waals surface area (Å²) in [6.45, 7) is 0. The molecule has 0 bridgehead atoms. The van der Waals surface area contributed by atoms with E-state index in [4.69, 9.17) is 0 Å². The summed E-state index contributed by atoms with van der Waals surface area (Å²) in [6.07, 6.45) is 1.83. The van der Waals surface area contributed by atoms with Gasteiger partial charge in [-0.05, 0) is 0 Å². The van der Waals surface area contributed by atoms with Gasteiger partial charge in [0.1, 0.15) is 5.01 Å². The molecule has 1 aliphatic rings. The van der Waals surface area contributed by atoms with Crippen molar-refractivity contribution in [2.24, 2.45) is 0 Å². The average molecular weight is 255 g/mol. The molecule has 1 aromatic carbocycles. The first-order valence-electron chi connectivity index (χ1n) is 5.60. The zero-order chi connectivity index (χ0) is 11.9. The molecule has 18 heavy (non-hydrogen) atoms. The Kier molecular flexibility index (Phi) is 1.98. The number of fused-ring (bicyclic) bond motifs is 1. The number of rotatable bonds is 2. The van der Waals surface area contributed by atoms with Crippen molar-refractivity contribution in [1.82, 2.24) is 19.7 Å². The lowest BCUT2D eigenvalue weighted by Gasteiger charge is -2.26. The molecular weight excluding hydrogens is 246 g/mol. The number of hydrogen-bond acceptors (Lipinski definition) is 5. The largest absolute Gasteiger partial charge is 0.327 e. The van der Waals surface area contributed by atoms with Crippen LogP contribution >= 0.6 is 11.3 Å². The molecule has 0 spiro atoms. The summed E-state index contributed by atoms with van der Waals surface area (Å²) in [4.78, 5) is 8.73. The Balaban J connectivity index is 1.72. The normalized spacial score (nSPS) is 16.8. The van der Waals surface area contributed by atoms with E-state index in [0.717, 1.165) is 22.3 Å². The number of thiazole rings is 1. The predicted molar refractivity (Wildman–Crippen MR) is 69.3 cm³/mol. The molecule has 1 aliphatic heterocycles. The molecule has 3 aromatic rings. The molecule has 5 nitrogen and oxygen atoms in total. The van der Waals surface area contributed by atoms with E-state index in [9.17, 15) is 0 Å². The van der Waals surface area contributed by atoms with E-state index in [1.54, 1.807) is 17.5 Å². The van der Waals surface area contributed by atoms with E-state index < -0.39 is 0 Å². The van der Waals surface area contributed by atoms with E-state index in [1.807, 2.05) is 40.4 Å². The van der Waals surface area contributed by atoms with Crippen LogP contribution in [0.2, 0.25) is 0 Å². The Labute approximate surface area is 107 Å². The first kappa shape index (κ1) is 9.78. The van der Waals surface area contributed by atoms with Crippen molar-refractivity contribution in [2.45, 2.75) is 6.17 Å². The predicted octanol–water partition coefficient (Wildman–Crippen LogP) is 2.37. The molecule has 1 N–H and O–H groups in total. The maximum Gasteiger partial charge on any atom is 0.226 e. The highest BCUT2D eigenvalue weighted by molar-refractivity contribution is 7.09. The van der Waals surface area contributed by atoms with Gasteiger partial charge in [-0.2, -0.15) is 4.98 Å². The molecule has 3 heterocycles. The van der Waals surface area contributed by atoms with Crippen LogP contribution in [0.5, 0.6) is 0 Å². The fraction of sp³-hybridized carbons (Fsp3) is 0.0833. The third kappa shape index (κ3) is 1.36. The van der Waals surface area contributed by atoms with Crippen LogP contribution in [-0.4, -0.2) is 19.7 Å². The summed E-state index contributed by atoms with van der Waals surface area (Å²) in [5.74, 6) is 1.55. The van der Waals surface area contributed by atoms with Crippen molar-refractivity contribution < 1.29 is 0 Å². The monoisotopic (exact) mass is 255 g/mol. The van der Waals surface area contributed by atoms with Gasteiger partial charge in [0.25, 0.3) is 0 Å². The lowest BCUT2D eigenvalue weighted by molar-refractivity contribution is 0.508. The molecule has 1 unspecified atom stereocenters. The first-order chi connectivity index (χ1) is 8.92. The van der Waals surface area contributed by atoms with Crippen LogP contribution in [0.15, 0.2) is 41.9 Å². The topological polar surface area (TPSA) is 55.6 Å². The van der Waals surface area contributed by atoms with E-state index >= 15 is 0 Å². The summed E-state index contributed by atoms with van der Waals surface area (Å²) in [5.41, 5.74) is 1.03. The molecule has 0 amide bonds. The van der Waals surface area contributed by atoms with Crippen LogP contribution in [0.1, 0.15) is 11.2 Å². The lowest BCUT2D eigenvalue weighted by atomic mass is 10.2. The molecule has 0 aliphatic carbocycles. The van der Waals surface area contributed by atoms with Crippen molar-refractivity contribution in [1.29, 1.82) is 0 Å². The van der Waals surface area contributed by atoms with Crippen LogP contribution < -0.4 is 5.32 Å². The molecule has 0 radical (unpaired) electrons. The summed E-state index contributed by atoms with van der Waals surface area (Å²) >= 11 is 1.61. The molecule has 2 aromatic heterocycles. The highest BCUT2D eigenvalue weighted by Crippen LogP contribution is 2.33. The molecule has 0 saturated heterocycles. The highest BCUT2D eigenvalue weighted by atomic mass is 32.1. The van der Waals surface area contributed by atoms with Crippen LogP contribution in [0, 0.1) is 0 Å². The molecule has 0 saturated carbocycles. The van der Waals surface area contributed by atoms with Crippen molar-refractivity contribution in [2.75, 3.05) is 5.32 Å². The Hall–Kier alpha value is -2.21. The van der Waals surface area contributed by atoms with Crippen molar-refractivity contribution in [3.63, 3.8) is 0 Å². The van der Waals surface area contributed by atoms with E-state index in [1.165, 1.54) is 0 Å². The number of hydrogen-bond donors (Lipinski definition) is 1. The standard InChI is InChI=1S/C12H9N5S/c1-2-4-8(5-3-1)9-14-12-15-10(17(12)16-9)11-13-6-7-18-11/h1-7,10H,(H,14,15,16). The highest BCUT2D eigenvalue weighted by Gasteiger charge is 2.32. The summed E-state index contributed by atoms with van der Waals surface area (Å²) in [5, 5.41) is 10.7. The quantitative estimate of drug-likeness (QED) is 0.763. The van der Waals surface area contributed by atoms with Crippen molar-refractivity contribution >= 4 is 17.3 Å². The first-order valence-corrected chi connectivity index (χ1v) is 6.48. The lowest BCUT2D eigenvalue weighted by Crippen LogP contribution is -2.32. The van der Waals surface area contributed by atoms with Gasteiger partial charge in [0.15, 0.2) is 12.0 Å². The second kappa shape index (κ2) is 3.64. The van der Waals surface area contributed by atoms with Crippen LogP contribution in [0.25, 0.3) is 11.4 Å². The molecule has 0 fully saturated rings. The molecular formula is C12H9N5S. The third-order valence-corrected chi connectivity index (χ3v) is 3.69. The van der Waals surface area contributed by atoms with E-state index in [-0.39, 0.29) is 6.17 Å². The number of aromatic nitrogens is 4. The summed E-state index contributed by atoms with van der Waals surface area (Å²) < 4.78 is 1.88. The number of nitrogens with one attached hydrogen (secondary N) is 1. The third-order valence-electron chi connectivity index (χ3n) is 2.86. The number of benzene rings is 1. The Morgan fingerprint density at radius 3 is 2.89 bits per heavy atom. The zero-order valence-corrected chi connectivity index (χ0v) is 10.1. The molecule has 1 atom stereocenters. The summed E-state index contributed by atoms with van der Waals surface area (Å²) in [6, 6.07) is 9.97. The number of nitrogens with zero attached hydrogens (tertiary/aromatic N) is 4. The minimum Gasteiger partial charge on any atom is -0.327 e. The van der Waals surface area contributed by atoms with Gasteiger partial charge in [0.05, 0.1) is 0 Å². The van der Waals surface area contributed by atoms with Gasteiger partial charge in [0, 0.05) is 17.1 Å². The van der Waals surface area contributed by atoms with Gasteiger partial charge in [0.2, 0.25) is 5.95 Å². The molecule has 88 valence electrons. The van der Waals surface area contributed by atoms with Gasteiger partial charge in [-0.25, -0.2) is 9.67 Å². The minimum atomic E-state index is 0.0324. The van der Waals surface area contributed by atoms with Gasteiger partial charge >= 0.3 is 0 Å². The van der Waals surface area contributed by atoms with Crippen LogP contribution in [0.3, 0.4) is 0 Å². The Morgan fingerprint density at radius 1 is 1.22 bits per heavy atom. The van der Waals surface area contributed by atoms with Gasteiger partial charge in [-0.1, -0.05) is 30.3 Å². The zero-order valence-electron chi connectivity index (χ0n) is 9.32. The van der Waals surface area contributed by atoms with Gasteiger partial charge in [-0.3, -0.25) is 0 Å². The van der Waals surface area contributed by atoms with Crippen molar-refractivity contribution in [3.8, 4) is 11.4 Å². The van der Waals surface area contributed by atoms with Gasteiger partial charge in [-0.15, -0.1) is 16.4 Å². The maximum absolute atomic E-state index is 4.51. The maximum atomic E-state index is 4.51. The molecule has 6 heteroatoms. The van der Waals surface area contributed by atoms with Crippen LogP contribution in [0.4, 0.5) is 5.95 Å². The Bertz CT molecular complexity index is 674.